The molecule has 8 nitrogen and oxygen atoms in total. The van der Waals surface area contributed by atoms with Gasteiger partial charge < -0.3 is 15.4 Å². The zero-order valence-electron chi connectivity index (χ0n) is 13.2. The summed E-state index contributed by atoms with van der Waals surface area (Å²) in [6.07, 6.45) is -0.214. The van der Waals surface area contributed by atoms with E-state index in [1.165, 1.54) is 11.3 Å². The van der Waals surface area contributed by atoms with E-state index in [4.69, 9.17) is 16.3 Å². The number of hydrogen-bond donors (Lipinski definition) is 2. The number of nitrogens with one attached hydrogen (secondary N) is 2. The average molecular weight is 383 g/mol. The van der Waals surface area contributed by atoms with Crippen molar-refractivity contribution in [3.05, 3.63) is 34.3 Å². The van der Waals surface area contributed by atoms with Crippen LogP contribution in [-0.2, 0) is 19.1 Å². The first-order valence-electron chi connectivity index (χ1n) is 7.23. The molecule has 2 N–H and O–H groups in total. The van der Waals surface area contributed by atoms with Gasteiger partial charge in [-0.25, -0.2) is 0 Å². The molecule has 0 aliphatic heterocycles. The molecular weight excluding hydrogens is 368 g/mol. The summed E-state index contributed by atoms with van der Waals surface area (Å²) in [4.78, 5) is 34.9. The number of carbonyl (C=O) groups excluding carboxylic acids is 3. The predicted octanol–water partition coefficient (Wildman–Crippen LogP) is 2.40. The molecule has 0 saturated heterocycles. The number of aryl methyl sites for hydroxylation is 1. The number of nitrogens with zero attached hydrogens (tertiary/aromatic N) is 2. The zero-order chi connectivity index (χ0) is 18.2. The Labute approximate surface area is 152 Å². The fraction of sp³-hybridized carbons (Fsp3) is 0.267. The quantitative estimate of drug-likeness (QED) is 0.711. The van der Waals surface area contributed by atoms with Crippen molar-refractivity contribution in [1.29, 1.82) is 0 Å². The van der Waals surface area contributed by atoms with Crippen LogP contribution in [0, 0.1) is 6.92 Å². The Kier molecular flexibility index (Phi) is 6.84. The van der Waals surface area contributed by atoms with E-state index in [9.17, 15) is 14.4 Å². The van der Waals surface area contributed by atoms with Crippen LogP contribution in [0.4, 0.5) is 10.8 Å². The summed E-state index contributed by atoms with van der Waals surface area (Å²) in [5.41, 5.74) is 0.539. The molecule has 1 aromatic heterocycles. The van der Waals surface area contributed by atoms with Crippen LogP contribution in [0.25, 0.3) is 0 Å². The summed E-state index contributed by atoms with van der Waals surface area (Å²) >= 11 is 6.98. The number of amides is 2. The Balaban J connectivity index is 1.65. The second kappa shape index (κ2) is 9.09. The molecule has 1 heterocycles. The Morgan fingerprint density at radius 3 is 2.44 bits per heavy atom. The lowest BCUT2D eigenvalue weighted by atomic mass is 10.3. The molecule has 0 unspecified atom stereocenters. The minimum Gasteiger partial charge on any atom is -0.456 e. The van der Waals surface area contributed by atoms with Gasteiger partial charge in [-0.2, -0.15) is 0 Å². The van der Waals surface area contributed by atoms with Gasteiger partial charge in [-0.1, -0.05) is 22.9 Å². The van der Waals surface area contributed by atoms with Gasteiger partial charge in [0.25, 0.3) is 5.91 Å². The average Bonchev–Trinajstić information content (AvgIpc) is 2.98. The Morgan fingerprint density at radius 2 is 1.80 bits per heavy atom. The first-order chi connectivity index (χ1) is 11.9. The highest BCUT2D eigenvalue weighted by atomic mass is 35.5. The monoisotopic (exact) mass is 382 g/mol. The number of halogens is 1. The summed E-state index contributed by atoms with van der Waals surface area (Å²) in [5, 5.41) is 14.2. The maximum Gasteiger partial charge on any atom is 0.306 e. The summed E-state index contributed by atoms with van der Waals surface area (Å²) in [5.74, 6) is -1.50. The lowest BCUT2D eigenvalue weighted by molar-refractivity contribution is -0.147. The standard InChI is InChI=1S/C15H15ClN4O4S/c1-9-19-20-15(25-9)18-12(21)6-7-14(23)24-8-13(22)17-11-4-2-10(16)3-5-11/h2-5H,6-8H2,1H3,(H,17,22)(H,18,20,21). The van der Waals surface area contributed by atoms with Gasteiger partial charge in [0.1, 0.15) is 5.01 Å². The van der Waals surface area contributed by atoms with E-state index < -0.39 is 18.5 Å². The van der Waals surface area contributed by atoms with Crippen molar-refractivity contribution in [1.82, 2.24) is 10.2 Å². The largest absolute Gasteiger partial charge is 0.456 e. The Bertz CT molecular complexity index is 763. The third-order valence-electron chi connectivity index (χ3n) is 2.82. The van der Waals surface area contributed by atoms with Gasteiger partial charge >= 0.3 is 5.97 Å². The van der Waals surface area contributed by atoms with Crippen LogP contribution in [-0.4, -0.2) is 34.6 Å². The summed E-state index contributed by atoms with van der Waals surface area (Å²) in [6.45, 7) is 1.33. The van der Waals surface area contributed by atoms with Gasteiger partial charge in [-0.05, 0) is 31.2 Å². The van der Waals surface area contributed by atoms with Gasteiger partial charge in [-0.15, -0.1) is 10.2 Å². The molecule has 0 spiro atoms. The molecule has 132 valence electrons. The Morgan fingerprint density at radius 1 is 1.08 bits per heavy atom. The maximum absolute atomic E-state index is 11.7. The number of rotatable bonds is 7. The number of hydrogen-bond acceptors (Lipinski definition) is 7. The van der Waals surface area contributed by atoms with Gasteiger partial charge in [0.15, 0.2) is 6.61 Å². The highest BCUT2D eigenvalue weighted by Crippen LogP contribution is 2.14. The van der Waals surface area contributed by atoms with E-state index in [2.05, 4.69) is 20.8 Å². The van der Waals surface area contributed by atoms with E-state index in [-0.39, 0.29) is 18.7 Å². The van der Waals surface area contributed by atoms with E-state index >= 15 is 0 Å². The summed E-state index contributed by atoms with van der Waals surface area (Å²) < 4.78 is 4.82. The minimum absolute atomic E-state index is 0.0732. The second-order valence-corrected chi connectivity index (χ2v) is 6.51. The highest BCUT2D eigenvalue weighted by molar-refractivity contribution is 7.15. The normalized spacial score (nSPS) is 10.2. The van der Waals surface area contributed by atoms with Gasteiger partial charge in [0.05, 0.1) is 6.42 Å². The molecule has 2 aromatic rings. The van der Waals surface area contributed by atoms with E-state index in [0.717, 1.165) is 5.01 Å². The van der Waals surface area contributed by atoms with Crippen molar-refractivity contribution in [2.75, 3.05) is 17.2 Å². The molecule has 0 aliphatic carbocycles. The van der Waals surface area contributed by atoms with Gasteiger partial charge in [0.2, 0.25) is 11.0 Å². The second-order valence-electron chi connectivity index (χ2n) is 4.89. The fourth-order valence-corrected chi connectivity index (χ4v) is 2.43. The van der Waals surface area contributed by atoms with Crippen molar-refractivity contribution < 1.29 is 19.1 Å². The van der Waals surface area contributed by atoms with Crippen LogP contribution in [0.5, 0.6) is 0 Å². The lowest BCUT2D eigenvalue weighted by Crippen LogP contribution is -2.21. The van der Waals surface area contributed by atoms with Crippen molar-refractivity contribution in [3.8, 4) is 0 Å². The molecule has 0 fully saturated rings. The summed E-state index contributed by atoms with van der Waals surface area (Å²) in [6, 6.07) is 6.51. The van der Waals surface area contributed by atoms with Crippen molar-refractivity contribution in [3.63, 3.8) is 0 Å². The first-order valence-corrected chi connectivity index (χ1v) is 8.43. The van der Waals surface area contributed by atoms with Gasteiger partial charge in [0, 0.05) is 17.1 Å². The molecule has 2 amide bonds. The maximum atomic E-state index is 11.7. The molecule has 0 bridgehead atoms. The molecular formula is C15H15ClN4O4S. The third-order valence-corrected chi connectivity index (χ3v) is 3.83. The number of aromatic nitrogens is 2. The molecule has 0 atom stereocenters. The number of benzene rings is 1. The molecule has 1 aromatic carbocycles. The molecule has 2 rings (SSSR count). The lowest BCUT2D eigenvalue weighted by Gasteiger charge is -2.06. The number of anilines is 2. The first kappa shape index (κ1) is 18.8. The summed E-state index contributed by atoms with van der Waals surface area (Å²) in [7, 11) is 0. The van der Waals surface area contributed by atoms with Crippen molar-refractivity contribution in [2.24, 2.45) is 0 Å². The van der Waals surface area contributed by atoms with Crippen LogP contribution in [0.3, 0.4) is 0 Å². The zero-order valence-corrected chi connectivity index (χ0v) is 14.8. The smallest absolute Gasteiger partial charge is 0.306 e. The van der Waals surface area contributed by atoms with E-state index in [1.54, 1.807) is 31.2 Å². The SMILES string of the molecule is Cc1nnc(NC(=O)CCC(=O)OCC(=O)Nc2ccc(Cl)cc2)s1. The van der Waals surface area contributed by atoms with Crippen LogP contribution in [0.1, 0.15) is 17.8 Å². The molecule has 0 saturated carbocycles. The van der Waals surface area contributed by atoms with Crippen LogP contribution in [0.15, 0.2) is 24.3 Å². The van der Waals surface area contributed by atoms with Crippen LogP contribution >= 0.6 is 22.9 Å². The molecule has 0 aliphatic rings. The van der Waals surface area contributed by atoms with Crippen LogP contribution < -0.4 is 10.6 Å². The molecule has 0 radical (unpaired) electrons. The molecule has 25 heavy (non-hydrogen) atoms. The Hall–Kier alpha value is -2.52. The minimum atomic E-state index is -0.644. The molecule has 10 heteroatoms. The van der Waals surface area contributed by atoms with E-state index in [0.29, 0.717) is 15.8 Å². The fourth-order valence-electron chi connectivity index (χ4n) is 1.69. The topological polar surface area (TPSA) is 110 Å². The van der Waals surface area contributed by atoms with Crippen molar-refractivity contribution >= 4 is 51.5 Å². The third kappa shape index (κ3) is 6.86. The predicted molar refractivity (Wildman–Crippen MR) is 93.6 cm³/mol. The van der Waals surface area contributed by atoms with Gasteiger partial charge in [-0.3, -0.25) is 14.4 Å². The van der Waals surface area contributed by atoms with Crippen LogP contribution in [0.2, 0.25) is 5.02 Å². The number of ether oxygens (including phenoxy) is 1. The number of carbonyl (C=O) groups is 3. The van der Waals surface area contributed by atoms with Crippen molar-refractivity contribution in [2.45, 2.75) is 19.8 Å². The number of esters is 1. The highest BCUT2D eigenvalue weighted by Gasteiger charge is 2.12. The van der Waals surface area contributed by atoms with E-state index in [1.807, 2.05) is 0 Å².